The first-order valence-electron chi connectivity index (χ1n) is 10.1. The minimum Gasteiger partial charge on any atom is -0.298 e. The number of aromatic nitrogens is 2. The van der Waals surface area contributed by atoms with Gasteiger partial charge in [0.05, 0.1) is 11.4 Å². The molecule has 0 aliphatic rings. The summed E-state index contributed by atoms with van der Waals surface area (Å²) in [5, 5.41) is 0. The Balaban J connectivity index is 1.81. The van der Waals surface area contributed by atoms with Crippen molar-refractivity contribution in [3.63, 3.8) is 0 Å². The topological polar surface area (TPSA) is 46.7 Å². The lowest BCUT2D eigenvalue weighted by atomic mass is 10.0. The molecule has 0 aliphatic heterocycles. The number of ketones is 1. The van der Waals surface area contributed by atoms with Crippen LogP contribution < -0.4 is 0 Å². The SMILES string of the molecule is O=C(C(=Nc1ccccc1)c1c(-c2ccccc2)nc2ccccn12)c1ccccc1. The number of carbonyl (C=O) groups excluding carboxylic acids is 1. The fourth-order valence-corrected chi connectivity index (χ4v) is 3.59. The maximum absolute atomic E-state index is 13.7. The molecule has 0 unspecified atom stereocenters. The van der Waals surface area contributed by atoms with Crippen LogP contribution in [-0.2, 0) is 0 Å². The minimum atomic E-state index is -0.146. The van der Waals surface area contributed by atoms with E-state index in [4.69, 9.17) is 9.98 Å². The zero-order valence-electron chi connectivity index (χ0n) is 16.7. The molecule has 4 nitrogen and oxygen atoms in total. The normalized spacial score (nSPS) is 11.5. The lowest BCUT2D eigenvalue weighted by Gasteiger charge is -2.09. The van der Waals surface area contributed by atoms with Gasteiger partial charge in [-0.3, -0.25) is 9.20 Å². The van der Waals surface area contributed by atoms with Crippen LogP contribution in [0.15, 0.2) is 120 Å². The monoisotopic (exact) mass is 401 g/mol. The van der Waals surface area contributed by atoms with Crippen LogP contribution in [0.2, 0.25) is 0 Å². The van der Waals surface area contributed by atoms with E-state index < -0.39 is 0 Å². The summed E-state index contributed by atoms with van der Waals surface area (Å²) in [5.41, 5.74) is 4.76. The van der Waals surface area contributed by atoms with E-state index in [9.17, 15) is 4.79 Å². The van der Waals surface area contributed by atoms with Crippen LogP contribution in [0.3, 0.4) is 0 Å². The average Bonchev–Trinajstić information content (AvgIpc) is 3.23. The third-order valence-electron chi connectivity index (χ3n) is 5.05. The Morgan fingerprint density at radius 3 is 2.03 bits per heavy atom. The summed E-state index contributed by atoms with van der Waals surface area (Å²) in [4.78, 5) is 23.4. The molecule has 0 bridgehead atoms. The second-order valence-electron chi connectivity index (χ2n) is 7.09. The van der Waals surface area contributed by atoms with Crippen molar-refractivity contribution in [1.29, 1.82) is 0 Å². The van der Waals surface area contributed by atoms with E-state index in [2.05, 4.69) is 0 Å². The molecule has 0 N–H and O–H groups in total. The summed E-state index contributed by atoms with van der Waals surface area (Å²) in [5.74, 6) is -0.146. The lowest BCUT2D eigenvalue weighted by Crippen LogP contribution is -2.18. The van der Waals surface area contributed by atoms with E-state index >= 15 is 0 Å². The molecule has 2 aromatic heterocycles. The van der Waals surface area contributed by atoms with Crippen molar-refractivity contribution in [3.05, 3.63) is 127 Å². The smallest absolute Gasteiger partial charge is 0.213 e. The predicted octanol–water partition coefficient (Wildman–Crippen LogP) is 6.01. The molecule has 2 heterocycles. The van der Waals surface area contributed by atoms with Crippen LogP contribution in [0.25, 0.3) is 16.9 Å². The number of Topliss-reactive ketones (excluding diaryl/α,β-unsaturated/α-hetero) is 1. The third-order valence-corrected chi connectivity index (χ3v) is 5.05. The zero-order chi connectivity index (χ0) is 21.0. The molecule has 3 aromatic carbocycles. The van der Waals surface area contributed by atoms with Crippen molar-refractivity contribution in [2.75, 3.05) is 0 Å². The number of hydrogen-bond acceptors (Lipinski definition) is 3. The van der Waals surface area contributed by atoms with Gasteiger partial charge in [0, 0.05) is 17.3 Å². The number of fused-ring (bicyclic) bond motifs is 1. The molecule has 0 spiro atoms. The van der Waals surface area contributed by atoms with Gasteiger partial charge in [0.25, 0.3) is 0 Å². The van der Waals surface area contributed by atoms with Crippen LogP contribution in [0.5, 0.6) is 0 Å². The van der Waals surface area contributed by atoms with E-state index in [1.165, 1.54) is 0 Å². The van der Waals surface area contributed by atoms with Gasteiger partial charge >= 0.3 is 0 Å². The predicted molar refractivity (Wildman–Crippen MR) is 124 cm³/mol. The maximum atomic E-state index is 13.7. The van der Waals surface area contributed by atoms with Crippen molar-refractivity contribution in [2.24, 2.45) is 4.99 Å². The highest BCUT2D eigenvalue weighted by Crippen LogP contribution is 2.27. The Morgan fingerprint density at radius 1 is 0.710 bits per heavy atom. The summed E-state index contributed by atoms with van der Waals surface area (Å²) in [6.45, 7) is 0. The molecular weight excluding hydrogens is 382 g/mol. The number of benzene rings is 3. The Labute approximate surface area is 180 Å². The molecule has 0 aliphatic carbocycles. The van der Waals surface area contributed by atoms with E-state index in [0.29, 0.717) is 22.7 Å². The second-order valence-corrected chi connectivity index (χ2v) is 7.09. The number of nitrogens with zero attached hydrogens (tertiary/aromatic N) is 3. The fourth-order valence-electron chi connectivity index (χ4n) is 3.59. The van der Waals surface area contributed by atoms with Gasteiger partial charge in [0.1, 0.15) is 17.1 Å². The number of hydrogen-bond donors (Lipinski definition) is 0. The van der Waals surface area contributed by atoms with E-state index in [-0.39, 0.29) is 5.78 Å². The molecular formula is C27H19N3O. The van der Waals surface area contributed by atoms with Crippen LogP contribution in [0.1, 0.15) is 16.1 Å². The summed E-state index contributed by atoms with van der Waals surface area (Å²) in [7, 11) is 0. The quantitative estimate of drug-likeness (QED) is 0.268. The van der Waals surface area contributed by atoms with E-state index in [1.807, 2.05) is 120 Å². The Bertz CT molecular complexity index is 1370. The van der Waals surface area contributed by atoms with Crippen molar-refractivity contribution >= 4 is 22.8 Å². The number of carbonyl (C=O) groups is 1. The Kier molecular flexibility index (Phi) is 4.95. The van der Waals surface area contributed by atoms with Gasteiger partial charge in [-0.2, -0.15) is 0 Å². The summed E-state index contributed by atoms with van der Waals surface area (Å²) in [6.07, 6.45) is 1.92. The largest absolute Gasteiger partial charge is 0.298 e. The van der Waals surface area contributed by atoms with Crippen molar-refractivity contribution in [3.8, 4) is 11.3 Å². The van der Waals surface area contributed by atoms with E-state index in [1.54, 1.807) is 0 Å². The van der Waals surface area contributed by atoms with Crippen LogP contribution in [-0.4, -0.2) is 20.9 Å². The van der Waals surface area contributed by atoms with Crippen LogP contribution >= 0.6 is 0 Å². The lowest BCUT2D eigenvalue weighted by molar-refractivity contribution is 0.106. The first-order chi connectivity index (χ1) is 15.3. The minimum absolute atomic E-state index is 0.146. The number of rotatable bonds is 5. The molecule has 0 atom stereocenters. The third kappa shape index (κ3) is 3.67. The van der Waals surface area contributed by atoms with Crippen molar-refractivity contribution < 1.29 is 4.79 Å². The second kappa shape index (κ2) is 8.20. The van der Waals surface area contributed by atoms with Gasteiger partial charge in [-0.25, -0.2) is 9.98 Å². The summed E-state index contributed by atoms with van der Waals surface area (Å²) >= 11 is 0. The summed E-state index contributed by atoms with van der Waals surface area (Å²) < 4.78 is 1.94. The Hall–Kier alpha value is -4.31. The molecule has 31 heavy (non-hydrogen) atoms. The molecule has 0 radical (unpaired) electrons. The van der Waals surface area contributed by atoms with Gasteiger partial charge in [-0.1, -0.05) is 84.9 Å². The van der Waals surface area contributed by atoms with Gasteiger partial charge in [-0.05, 0) is 24.3 Å². The molecule has 0 fully saturated rings. The Morgan fingerprint density at radius 2 is 1.32 bits per heavy atom. The van der Waals surface area contributed by atoms with Gasteiger partial charge < -0.3 is 0 Å². The molecule has 4 heteroatoms. The highest BCUT2D eigenvalue weighted by Gasteiger charge is 2.25. The highest BCUT2D eigenvalue weighted by atomic mass is 16.1. The number of pyridine rings is 1. The van der Waals surface area contributed by atoms with E-state index in [0.717, 1.165) is 16.9 Å². The van der Waals surface area contributed by atoms with Crippen LogP contribution in [0.4, 0.5) is 5.69 Å². The molecule has 0 saturated carbocycles. The van der Waals surface area contributed by atoms with Gasteiger partial charge in [-0.15, -0.1) is 0 Å². The van der Waals surface area contributed by atoms with Gasteiger partial charge in [0.2, 0.25) is 5.78 Å². The number of aliphatic imine (C=N–C) groups is 1. The molecule has 5 rings (SSSR count). The van der Waals surface area contributed by atoms with Crippen molar-refractivity contribution in [2.45, 2.75) is 0 Å². The summed E-state index contributed by atoms with van der Waals surface area (Å²) in [6, 6.07) is 34.5. The standard InChI is InChI=1S/C27H19N3O/c31-27(21-14-6-2-7-15-21)25(28-22-16-8-3-9-17-22)26-24(20-12-4-1-5-13-20)29-23-18-10-11-19-30(23)26/h1-19H. The van der Waals surface area contributed by atoms with Gasteiger partial charge in [0.15, 0.2) is 0 Å². The highest BCUT2D eigenvalue weighted by molar-refractivity contribution is 6.52. The zero-order valence-corrected chi connectivity index (χ0v) is 16.7. The first kappa shape index (κ1) is 18.7. The number of imidazole rings is 1. The number of para-hydroxylation sites is 1. The molecule has 148 valence electrons. The maximum Gasteiger partial charge on any atom is 0.213 e. The molecule has 5 aromatic rings. The molecule has 0 amide bonds. The fraction of sp³-hybridized carbons (Fsp3) is 0. The average molecular weight is 401 g/mol. The van der Waals surface area contributed by atoms with Crippen LogP contribution in [0, 0.1) is 0 Å². The van der Waals surface area contributed by atoms with Crippen molar-refractivity contribution in [1.82, 2.24) is 9.38 Å². The molecule has 0 saturated heterocycles. The first-order valence-corrected chi connectivity index (χ1v) is 10.1.